The van der Waals surface area contributed by atoms with Gasteiger partial charge in [-0.05, 0) is 54.6 Å². The first-order valence-electron chi connectivity index (χ1n) is 6.70. The summed E-state index contributed by atoms with van der Waals surface area (Å²) >= 11 is 5.63. The lowest BCUT2D eigenvalue weighted by atomic mass is 10.1. The second-order valence-electron chi connectivity index (χ2n) is 5.11. The third-order valence-electron chi connectivity index (χ3n) is 3.36. The molecule has 21 heavy (non-hydrogen) atoms. The SMILES string of the molecule is O=C(CC1CC1)c1ccc(Nc2nc(Cl)ncc2F)cc1. The van der Waals surface area contributed by atoms with Crippen molar-refractivity contribution < 1.29 is 9.18 Å². The van der Waals surface area contributed by atoms with Crippen LogP contribution in [0.1, 0.15) is 29.6 Å². The van der Waals surface area contributed by atoms with Gasteiger partial charge in [-0.2, -0.15) is 4.98 Å². The number of ketones is 1. The number of rotatable bonds is 5. The van der Waals surface area contributed by atoms with E-state index in [4.69, 9.17) is 11.6 Å². The van der Waals surface area contributed by atoms with Crippen LogP contribution >= 0.6 is 11.6 Å². The van der Waals surface area contributed by atoms with E-state index < -0.39 is 5.82 Å². The van der Waals surface area contributed by atoms with Crippen LogP contribution in [0.4, 0.5) is 15.9 Å². The number of halogens is 2. The predicted octanol–water partition coefficient (Wildman–Crippen LogP) is 4.00. The van der Waals surface area contributed by atoms with Gasteiger partial charge in [0, 0.05) is 17.7 Å². The highest BCUT2D eigenvalue weighted by Crippen LogP contribution is 2.33. The highest BCUT2D eigenvalue weighted by molar-refractivity contribution is 6.28. The topological polar surface area (TPSA) is 54.9 Å². The molecule has 0 saturated heterocycles. The lowest BCUT2D eigenvalue weighted by Crippen LogP contribution is -2.01. The van der Waals surface area contributed by atoms with E-state index in [0.29, 0.717) is 23.6 Å². The van der Waals surface area contributed by atoms with Crippen molar-refractivity contribution in [1.29, 1.82) is 0 Å². The zero-order valence-electron chi connectivity index (χ0n) is 11.1. The Bertz CT molecular complexity index is 671. The first-order valence-corrected chi connectivity index (χ1v) is 7.08. The number of Topliss-reactive ketones (excluding diaryl/α,β-unsaturated/α-hetero) is 1. The molecule has 1 aliphatic carbocycles. The fourth-order valence-electron chi connectivity index (χ4n) is 2.01. The molecule has 0 atom stereocenters. The van der Waals surface area contributed by atoms with Gasteiger partial charge in [0.15, 0.2) is 17.4 Å². The van der Waals surface area contributed by atoms with Gasteiger partial charge in [-0.15, -0.1) is 0 Å². The van der Waals surface area contributed by atoms with Crippen LogP contribution in [0.2, 0.25) is 5.28 Å². The summed E-state index contributed by atoms with van der Waals surface area (Å²) in [5.41, 5.74) is 1.31. The summed E-state index contributed by atoms with van der Waals surface area (Å²) in [6.07, 6.45) is 3.92. The maximum Gasteiger partial charge on any atom is 0.224 e. The van der Waals surface area contributed by atoms with E-state index in [1.54, 1.807) is 24.3 Å². The molecule has 1 saturated carbocycles. The summed E-state index contributed by atoms with van der Waals surface area (Å²) in [5, 5.41) is 2.78. The number of nitrogens with zero attached hydrogens (tertiary/aromatic N) is 2. The van der Waals surface area contributed by atoms with Crippen molar-refractivity contribution in [3.8, 4) is 0 Å². The summed E-state index contributed by atoms with van der Waals surface area (Å²) in [5.74, 6) is 0.133. The largest absolute Gasteiger partial charge is 0.338 e. The molecule has 1 heterocycles. The first-order chi connectivity index (χ1) is 10.1. The molecule has 0 radical (unpaired) electrons. The maximum absolute atomic E-state index is 13.5. The summed E-state index contributed by atoms with van der Waals surface area (Å²) in [6.45, 7) is 0. The van der Waals surface area contributed by atoms with E-state index >= 15 is 0 Å². The fourth-order valence-corrected chi connectivity index (χ4v) is 2.14. The molecule has 0 aliphatic heterocycles. The number of benzene rings is 1. The molecule has 1 N–H and O–H groups in total. The van der Waals surface area contributed by atoms with Gasteiger partial charge in [-0.1, -0.05) is 0 Å². The molecule has 0 amide bonds. The number of hydrogen-bond donors (Lipinski definition) is 1. The molecule has 0 unspecified atom stereocenters. The van der Waals surface area contributed by atoms with E-state index in [0.717, 1.165) is 19.0 Å². The number of carbonyl (C=O) groups excluding carboxylic acids is 1. The smallest absolute Gasteiger partial charge is 0.224 e. The van der Waals surface area contributed by atoms with Gasteiger partial charge < -0.3 is 5.32 Å². The molecule has 2 aromatic rings. The van der Waals surface area contributed by atoms with Crippen molar-refractivity contribution in [2.45, 2.75) is 19.3 Å². The Hall–Kier alpha value is -2.01. The second kappa shape index (κ2) is 5.77. The van der Waals surface area contributed by atoms with Gasteiger partial charge in [-0.25, -0.2) is 9.37 Å². The molecule has 0 spiro atoms. The van der Waals surface area contributed by atoms with Gasteiger partial charge in [0.1, 0.15) is 0 Å². The van der Waals surface area contributed by atoms with Crippen molar-refractivity contribution in [2.75, 3.05) is 5.32 Å². The first kappa shape index (κ1) is 13.9. The molecular weight excluding hydrogens is 293 g/mol. The standard InChI is InChI=1S/C15H13ClFN3O/c16-15-18-8-12(17)14(20-15)19-11-5-3-10(4-6-11)13(21)7-9-1-2-9/h3-6,8-9H,1-2,7H2,(H,18,19,20). The number of carbonyl (C=O) groups is 1. The van der Waals surface area contributed by atoms with E-state index in [1.165, 1.54) is 0 Å². The second-order valence-corrected chi connectivity index (χ2v) is 5.45. The number of nitrogens with one attached hydrogen (secondary N) is 1. The minimum atomic E-state index is -0.590. The van der Waals surface area contributed by atoms with E-state index in [2.05, 4.69) is 15.3 Å². The molecule has 6 heteroatoms. The van der Waals surface area contributed by atoms with Gasteiger partial charge in [-0.3, -0.25) is 4.79 Å². The van der Waals surface area contributed by atoms with Crippen LogP contribution in [0, 0.1) is 11.7 Å². The van der Waals surface area contributed by atoms with E-state index in [1.807, 2.05) is 0 Å². The fraction of sp³-hybridized carbons (Fsp3) is 0.267. The maximum atomic E-state index is 13.5. The minimum absolute atomic E-state index is 0.00653. The molecule has 3 rings (SSSR count). The van der Waals surface area contributed by atoms with Crippen molar-refractivity contribution in [1.82, 2.24) is 9.97 Å². The lowest BCUT2D eigenvalue weighted by molar-refractivity contribution is 0.0976. The average Bonchev–Trinajstić information content (AvgIpc) is 3.27. The Morgan fingerprint density at radius 2 is 2.05 bits per heavy atom. The Morgan fingerprint density at radius 1 is 1.33 bits per heavy atom. The molecular formula is C15H13ClFN3O. The van der Waals surface area contributed by atoms with Crippen LogP contribution in [-0.2, 0) is 0 Å². The Labute approximate surface area is 126 Å². The van der Waals surface area contributed by atoms with Crippen molar-refractivity contribution in [3.63, 3.8) is 0 Å². The minimum Gasteiger partial charge on any atom is -0.338 e. The lowest BCUT2D eigenvalue weighted by Gasteiger charge is -2.07. The van der Waals surface area contributed by atoms with Crippen molar-refractivity contribution in [3.05, 3.63) is 47.1 Å². The summed E-state index contributed by atoms with van der Waals surface area (Å²) in [6, 6.07) is 6.90. The third-order valence-corrected chi connectivity index (χ3v) is 3.54. The highest BCUT2D eigenvalue weighted by Gasteiger charge is 2.24. The molecule has 0 bridgehead atoms. The molecule has 1 aromatic heterocycles. The van der Waals surface area contributed by atoms with E-state index in [-0.39, 0.29) is 16.9 Å². The van der Waals surface area contributed by atoms with Crippen LogP contribution < -0.4 is 5.32 Å². The third kappa shape index (κ3) is 3.55. The summed E-state index contributed by atoms with van der Waals surface area (Å²) < 4.78 is 13.5. The predicted molar refractivity (Wildman–Crippen MR) is 78.4 cm³/mol. The van der Waals surface area contributed by atoms with Gasteiger partial charge in [0.2, 0.25) is 5.28 Å². The Morgan fingerprint density at radius 3 is 2.71 bits per heavy atom. The van der Waals surface area contributed by atoms with Crippen LogP contribution in [-0.4, -0.2) is 15.8 Å². The molecule has 4 nitrogen and oxygen atoms in total. The quantitative estimate of drug-likeness (QED) is 0.670. The summed E-state index contributed by atoms with van der Waals surface area (Å²) in [4.78, 5) is 19.3. The van der Waals surface area contributed by atoms with Crippen LogP contribution in [0.5, 0.6) is 0 Å². The van der Waals surface area contributed by atoms with Crippen LogP contribution in [0.15, 0.2) is 30.5 Å². The Kier molecular flexibility index (Phi) is 3.84. The monoisotopic (exact) mass is 305 g/mol. The van der Waals surface area contributed by atoms with Gasteiger partial charge in [0.25, 0.3) is 0 Å². The number of aromatic nitrogens is 2. The molecule has 108 valence electrons. The normalized spacial score (nSPS) is 14.0. The molecule has 1 fully saturated rings. The highest BCUT2D eigenvalue weighted by atomic mass is 35.5. The van der Waals surface area contributed by atoms with Crippen molar-refractivity contribution in [2.24, 2.45) is 5.92 Å². The van der Waals surface area contributed by atoms with Gasteiger partial charge >= 0.3 is 0 Å². The summed E-state index contributed by atoms with van der Waals surface area (Å²) in [7, 11) is 0. The molecule has 1 aliphatic rings. The average molecular weight is 306 g/mol. The van der Waals surface area contributed by atoms with Gasteiger partial charge in [0.05, 0.1) is 6.20 Å². The van der Waals surface area contributed by atoms with E-state index in [9.17, 15) is 9.18 Å². The number of hydrogen-bond acceptors (Lipinski definition) is 4. The Balaban J connectivity index is 1.71. The number of anilines is 2. The van der Waals surface area contributed by atoms with Crippen molar-refractivity contribution >= 4 is 28.9 Å². The van der Waals surface area contributed by atoms with Crippen LogP contribution in [0.3, 0.4) is 0 Å². The zero-order chi connectivity index (χ0) is 14.8. The molecule has 1 aromatic carbocycles. The zero-order valence-corrected chi connectivity index (χ0v) is 11.9. The van der Waals surface area contributed by atoms with Crippen LogP contribution in [0.25, 0.3) is 0 Å².